The van der Waals surface area contributed by atoms with E-state index in [1.54, 1.807) is 18.3 Å². The summed E-state index contributed by atoms with van der Waals surface area (Å²) in [6, 6.07) is 2.83. The Kier molecular flexibility index (Phi) is 9.13. The van der Waals surface area contributed by atoms with Crippen LogP contribution in [0.15, 0.2) is 375 Å². The quantitative estimate of drug-likeness (QED) is 0.0394. The second kappa shape index (κ2) is 26.3. The van der Waals surface area contributed by atoms with Gasteiger partial charge in [-0.2, -0.15) is 0 Å². The van der Waals surface area contributed by atoms with E-state index in [0.29, 0.717) is 11.3 Å². The molecule has 4 aromatic heterocycles. The van der Waals surface area contributed by atoms with E-state index in [9.17, 15) is 35.6 Å². The second-order valence-electron chi connectivity index (χ2n) is 25.0. The molecule has 0 N–H and O–H groups in total. The van der Waals surface area contributed by atoms with E-state index < -0.39 is 282 Å². The summed E-state index contributed by atoms with van der Waals surface area (Å²) < 4.78 is 362. The molecule has 104 heavy (non-hydrogen) atoms. The molecular weight excluding hydrogens is 1300 g/mol. The molecule has 0 bridgehead atoms. The lowest BCUT2D eigenvalue weighted by atomic mass is 9.88. The van der Waals surface area contributed by atoms with E-state index in [2.05, 4.69) is 62.0 Å². The van der Waals surface area contributed by atoms with Crippen molar-refractivity contribution in [2.45, 2.75) is 26.2 Å². The molecule has 8 nitrogen and oxygen atoms in total. The van der Waals surface area contributed by atoms with Crippen molar-refractivity contribution in [2.24, 2.45) is 0 Å². The summed E-state index contributed by atoms with van der Waals surface area (Å²) in [6.07, 6.45) is 4.96. The lowest BCUT2D eigenvalue weighted by Gasteiger charge is -2.36. The first-order valence-electron chi connectivity index (χ1n) is 50.0. The summed E-state index contributed by atoms with van der Waals surface area (Å²) in [4.78, 5) is 4.97. The topological polar surface area (TPSA) is 59.2 Å². The average molecular weight is 1410 g/mol. The van der Waals surface area contributed by atoms with Gasteiger partial charge in [0.25, 0.3) is 6.33 Å². The van der Waals surface area contributed by atoms with E-state index in [0.717, 1.165) is 72.1 Å². The van der Waals surface area contributed by atoms with Crippen LogP contribution in [0.5, 0.6) is 23.0 Å². The molecule has 10 heteroatoms. The highest BCUT2D eigenvalue weighted by atomic mass is 28.4. The van der Waals surface area contributed by atoms with Gasteiger partial charge in [0.05, 0.1) is 86.8 Å². The summed E-state index contributed by atoms with van der Waals surface area (Å²) in [6.45, 7) is 6.23. The zero-order valence-electron chi connectivity index (χ0n) is 90.0. The summed E-state index contributed by atoms with van der Waals surface area (Å²) in [5.74, 6) is -1.24. The van der Waals surface area contributed by atoms with E-state index in [-0.39, 0.29) is 39.2 Å². The Morgan fingerprint density at radius 3 is 1.38 bits per heavy atom. The summed E-state index contributed by atoms with van der Waals surface area (Å²) in [7, 11) is -13.5. The van der Waals surface area contributed by atoms with Crippen LogP contribution in [0, 0.1) is 6.33 Å². The van der Waals surface area contributed by atoms with Crippen molar-refractivity contribution in [3.8, 4) is 57.0 Å². The van der Waals surface area contributed by atoms with Crippen LogP contribution in [0.25, 0.3) is 88.7 Å². The van der Waals surface area contributed by atoms with Gasteiger partial charge in [-0.1, -0.05) is 293 Å². The molecule has 0 aliphatic heterocycles. The largest absolute Gasteiger partial charge is 0.533 e. The summed E-state index contributed by atoms with van der Waals surface area (Å²) in [5.41, 5.74) is 2.82. The number of nitrogens with zero attached hydrogens (tertiary/aromatic N) is 5. The van der Waals surface area contributed by atoms with Crippen molar-refractivity contribution in [2.75, 3.05) is 0 Å². The Bertz CT molecular complexity index is 7640. The number of rotatable bonds is 17. The lowest BCUT2D eigenvalue weighted by Crippen LogP contribution is -2.72. The second-order valence-corrected chi connectivity index (χ2v) is 31.1. The van der Waals surface area contributed by atoms with Crippen molar-refractivity contribution in [3.63, 3.8) is 0 Å². The first kappa shape index (κ1) is 36.1. The molecule has 4 heterocycles. The van der Waals surface area contributed by atoms with Crippen LogP contribution in [0.3, 0.4) is 0 Å². The number of ether oxygens (including phenoxy) is 1. The Morgan fingerprint density at radius 1 is 0.375 bits per heavy atom. The van der Waals surface area contributed by atoms with E-state index in [1.807, 2.05) is 65.2 Å². The van der Waals surface area contributed by atoms with Crippen LogP contribution in [-0.2, 0) is 5.41 Å². The first-order valence-corrected chi connectivity index (χ1v) is 36.3. The predicted molar refractivity (Wildman–Crippen MR) is 430 cm³/mol. The molecule has 498 valence electrons. The molecule has 18 aromatic rings. The van der Waals surface area contributed by atoms with Gasteiger partial charge in [-0.05, 0) is 144 Å². The minimum atomic E-state index is -6.77. The maximum atomic E-state index is 10.1. The SMILES string of the molecule is [2H]c1c([2H])c([2H])c(-c2ccc3c(c2)n(-c2cccc(Oc4ccc5c6cc(-n7c8ccccc8c8ccccc87)ccc6n(-c6cc(C(C)(C)C)ccn6)c5c4)c2)[c-][n+]3-c2c(O[Si](c3c([2H])c([2H])c([2H])c([2H])c3[2H])(c3c([2H])c([2H])c([2H])c([2H])c3[2H])c3c([2H])c([2H])c([2H])c([2H])c3[2H])cccc2O[Si](c2c([2H])c([2H])c([2H])c([2H])c2[2H])(c2c([2H])c([2H])c([2H])c([2H])c2[2H])c2c([2H])c([2H])c([2H])c([2H])c2[2H])c([2H])c1[2H]. The number of benzene rings is 14. The number of para-hydroxylation sites is 3. The first-order chi connectivity index (χ1) is 65.7. The zero-order valence-corrected chi connectivity index (χ0v) is 57.0. The number of pyridine rings is 1. The molecule has 0 aliphatic carbocycles. The molecule has 18 rings (SSSR count). The number of imidazole rings is 1. The molecule has 14 aromatic carbocycles. The smallest absolute Gasteiger partial charge is 0.346 e. The van der Waals surface area contributed by atoms with Crippen molar-refractivity contribution in [1.29, 1.82) is 0 Å². The number of hydrogen-bond donors (Lipinski definition) is 0. The standard InChI is InChI=1S/C94H71N5O3Si2/c1-94(2,3)69-59-60-95-92(62-69)99-86-58-54-71(98-84-49-27-25-47-80(84)81-48-26-28-50-85(81)98)64-83(86)82-56-55-73(65-88(82)99)100-72-34-29-33-70(63-72)96-66-97(87-57-53-68(61-89(87)96)67-31-11-4-12-32-67)93-90(101-103(74-35-13-5-14-36-74,75-37-15-6-16-38-75)76-39-17-7-18-40-76)51-30-52-91(93)102-104(77-41-19-8-20-42-77,78-43-21-9-22-44-78)79-45-23-10-24-46-79/h4-65H,1-3H3/i4D,5D,6D,7D,8D,9D,10D,11D,12D,13D,14D,15D,16D,17D,18D,19D,20D,21D,22D,23D,24D,31D,32D,35D,36D,37D,38D,39D,40D,41D,42D,43D,44D,45D,46D. The van der Waals surface area contributed by atoms with Gasteiger partial charge in [-0.25, -0.2) is 4.98 Å². The molecule has 0 aliphatic rings. The monoisotopic (exact) mass is 1410 g/mol. The highest BCUT2D eigenvalue weighted by Gasteiger charge is 2.47. The Hall–Kier alpha value is -12.9. The third-order valence-corrected chi connectivity index (χ3v) is 24.8. The molecule has 0 saturated carbocycles. The fraction of sp³-hybridized carbons (Fsp3) is 0.0426. The van der Waals surface area contributed by atoms with Gasteiger partial charge in [-0.3, -0.25) is 13.7 Å². The number of fused-ring (bicyclic) bond motifs is 7. The van der Waals surface area contributed by atoms with E-state index in [4.69, 9.17) is 30.9 Å². The van der Waals surface area contributed by atoms with Crippen LogP contribution in [-0.4, -0.2) is 35.3 Å². The molecule has 0 amide bonds. The van der Waals surface area contributed by atoms with Crippen molar-refractivity contribution in [1.82, 2.24) is 18.7 Å². The maximum absolute atomic E-state index is 10.1. The Morgan fingerprint density at radius 2 is 0.856 bits per heavy atom. The Balaban J connectivity index is 0.983. The van der Waals surface area contributed by atoms with Crippen molar-refractivity contribution in [3.05, 3.63) is 387 Å². The van der Waals surface area contributed by atoms with Crippen LogP contribution in [0.4, 0.5) is 0 Å². The molecule has 0 unspecified atom stereocenters. The van der Waals surface area contributed by atoms with Gasteiger partial charge in [0.1, 0.15) is 34.5 Å². The van der Waals surface area contributed by atoms with Gasteiger partial charge in [0.2, 0.25) is 0 Å². The number of aromatic nitrogens is 5. The maximum Gasteiger partial charge on any atom is 0.346 e. The molecular formula is C94H71N5O3Si2. The minimum Gasteiger partial charge on any atom is -0.533 e. The highest BCUT2D eigenvalue weighted by molar-refractivity contribution is 7.08. The molecule has 0 fully saturated rings. The van der Waals surface area contributed by atoms with E-state index >= 15 is 0 Å². The highest BCUT2D eigenvalue weighted by Crippen LogP contribution is 2.41. The normalized spacial score (nSPS) is 16.7. The molecule has 0 atom stereocenters. The summed E-state index contributed by atoms with van der Waals surface area (Å²) >= 11 is 0. The molecule has 0 saturated heterocycles. The Labute approximate surface area is 655 Å². The fourth-order valence-corrected chi connectivity index (χ4v) is 19.3. The van der Waals surface area contributed by atoms with Gasteiger partial charge >= 0.3 is 16.6 Å². The lowest BCUT2D eigenvalue weighted by molar-refractivity contribution is -0.573. The van der Waals surface area contributed by atoms with Gasteiger partial charge < -0.3 is 18.2 Å². The van der Waals surface area contributed by atoms with Crippen LogP contribution in [0.2, 0.25) is 0 Å². The predicted octanol–water partition coefficient (Wildman–Crippen LogP) is 18.1. The summed E-state index contributed by atoms with van der Waals surface area (Å²) in [5, 5.41) is -3.64. The average Bonchev–Trinajstić information content (AvgIpc) is 1.43. The van der Waals surface area contributed by atoms with Gasteiger partial charge in [0.15, 0.2) is 0 Å². The third kappa shape index (κ3) is 11.1. The third-order valence-electron chi connectivity index (χ3n) is 18.0. The van der Waals surface area contributed by atoms with Gasteiger partial charge in [-0.15, -0.1) is 0 Å². The molecule has 0 radical (unpaired) electrons. The number of hydrogen-bond acceptors (Lipinski definition) is 4. The zero-order chi connectivity index (χ0) is 100. The van der Waals surface area contributed by atoms with Crippen LogP contribution < -0.4 is 49.3 Å². The van der Waals surface area contributed by atoms with Crippen LogP contribution in [0.1, 0.15) is 74.3 Å². The molecule has 0 spiro atoms. The van der Waals surface area contributed by atoms with E-state index in [1.165, 1.54) is 41.0 Å². The van der Waals surface area contributed by atoms with Crippen LogP contribution >= 0.6 is 0 Å². The van der Waals surface area contributed by atoms with Crippen molar-refractivity contribution < 1.29 is 66.1 Å². The minimum absolute atomic E-state index is 0.00136. The van der Waals surface area contributed by atoms with Crippen molar-refractivity contribution >= 4 is 102 Å². The fourth-order valence-electron chi connectivity index (χ4n) is 13.3. The van der Waals surface area contributed by atoms with Gasteiger partial charge in [0, 0.05) is 39.5 Å².